The summed E-state index contributed by atoms with van der Waals surface area (Å²) in [6.07, 6.45) is 8.28. The SMILES string of the molecule is CN1CCC(CNC2CC2)C1c1cn2ccccc2n1. The van der Waals surface area contributed by atoms with Gasteiger partial charge in [0.05, 0.1) is 11.7 Å². The Morgan fingerprint density at radius 1 is 1.30 bits per heavy atom. The predicted molar refractivity (Wildman–Crippen MR) is 79.7 cm³/mol. The van der Waals surface area contributed by atoms with Gasteiger partial charge in [0.2, 0.25) is 0 Å². The fraction of sp³-hybridized carbons (Fsp3) is 0.562. The van der Waals surface area contributed by atoms with Crippen molar-refractivity contribution in [3.63, 3.8) is 0 Å². The van der Waals surface area contributed by atoms with Crippen molar-refractivity contribution in [1.29, 1.82) is 0 Å². The van der Waals surface area contributed by atoms with Gasteiger partial charge in [0.1, 0.15) is 5.65 Å². The minimum Gasteiger partial charge on any atom is -0.314 e. The van der Waals surface area contributed by atoms with Gasteiger partial charge in [-0.15, -0.1) is 0 Å². The predicted octanol–water partition coefficient (Wildman–Crippen LogP) is 2.08. The highest BCUT2D eigenvalue weighted by Crippen LogP contribution is 2.35. The van der Waals surface area contributed by atoms with Gasteiger partial charge in [-0.3, -0.25) is 4.90 Å². The lowest BCUT2D eigenvalue weighted by Crippen LogP contribution is -2.29. The number of hydrogen-bond acceptors (Lipinski definition) is 3. The number of rotatable bonds is 4. The van der Waals surface area contributed by atoms with E-state index in [1.165, 1.54) is 31.5 Å². The quantitative estimate of drug-likeness (QED) is 0.923. The van der Waals surface area contributed by atoms with E-state index in [0.717, 1.165) is 18.2 Å². The second-order valence-corrected chi connectivity index (χ2v) is 6.29. The highest BCUT2D eigenvalue weighted by Gasteiger charge is 2.35. The Morgan fingerprint density at radius 2 is 2.20 bits per heavy atom. The standard InChI is InChI=1S/C16H22N4/c1-19-9-7-12(10-17-13-5-6-13)16(19)14-11-20-8-3-2-4-15(20)18-14/h2-4,8,11-13,16-17H,5-7,9-10H2,1H3. The maximum Gasteiger partial charge on any atom is 0.137 e. The van der Waals surface area contributed by atoms with Crippen molar-refractivity contribution in [3.8, 4) is 0 Å². The lowest BCUT2D eigenvalue weighted by atomic mass is 9.98. The molecule has 4 rings (SSSR count). The molecule has 1 saturated carbocycles. The lowest BCUT2D eigenvalue weighted by Gasteiger charge is -2.23. The van der Waals surface area contributed by atoms with Crippen LogP contribution in [-0.4, -0.2) is 40.5 Å². The summed E-state index contributed by atoms with van der Waals surface area (Å²) in [4.78, 5) is 7.29. The van der Waals surface area contributed by atoms with E-state index >= 15 is 0 Å². The molecule has 2 aliphatic rings. The third kappa shape index (κ3) is 2.23. The van der Waals surface area contributed by atoms with Crippen LogP contribution in [0.5, 0.6) is 0 Å². The Hall–Kier alpha value is -1.39. The molecule has 3 heterocycles. The Labute approximate surface area is 119 Å². The number of likely N-dealkylation sites (tertiary alicyclic amines) is 1. The zero-order valence-corrected chi connectivity index (χ0v) is 12.0. The highest BCUT2D eigenvalue weighted by molar-refractivity contribution is 5.40. The van der Waals surface area contributed by atoms with Crippen LogP contribution in [0.15, 0.2) is 30.6 Å². The first-order valence-electron chi connectivity index (χ1n) is 7.68. The van der Waals surface area contributed by atoms with E-state index in [4.69, 9.17) is 4.98 Å². The van der Waals surface area contributed by atoms with Crippen LogP contribution in [0.4, 0.5) is 0 Å². The van der Waals surface area contributed by atoms with E-state index in [1.54, 1.807) is 0 Å². The number of nitrogens with zero attached hydrogens (tertiary/aromatic N) is 3. The molecule has 2 unspecified atom stereocenters. The van der Waals surface area contributed by atoms with Crippen molar-refractivity contribution in [2.24, 2.45) is 5.92 Å². The molecule has 106 valence electrons. The molecule has 1 aliphatic carbocycles. The van der Waals surface area contributed by atoms with E-state index in [0.29, 0.717) is 12.0 Å². The summed E-state index contributed by atoms with van der Waals surface area (Å²) in [5.41, 5.74) is 2.27. The highest BCUT2D eigenvalue weighted by atomic mass is 15.2. The Balaban J connectivity index is 1.59. The molecule has 0 spiro atoms. The van der Waals surface area contributed by atoms with E-state index < -0.39 is 0 Å². The van der Waals surface area contributed by atoms with Gasteiger partial charge in [-0.2, -0.15) is 0 Å². The average Bonchev–Trinajstić information content (AvgIpc) is 3.07. The number of nitrogens with one attached hydrogen (secondary N) is 1. The van der Waals surface area contributed by atoms with Crippen LogP contribution in [0.3, 0.4) is 0 Å². The van der Waals surface area contributed by atoms with Gasteiger partial charge < -0.3 is 9.72 Å². The van der Waals surface area contributed by atoms with E-state index in [2.05, 4.69) is 52.3 Å². The van der Waals surface area contributed by atoms with Crippen LogP contribution >= 0.6 is 0 Å². The Kier molecular flexibility index (Phi) is 3.00. The van der Waals surface area contributed by atoms with Crippen LogP contribution in [0.1, 0.15) is 31.0 Å². The molecule has 2 fully saturated rings. The summed E-state index contributed by atoms with van der Waals surface area (Å²) in [5.74, 6) is 0.686. The summed E-state index contributed by atoms with van der Waals surface area (Å²) in [7, 11) is 2.23. The number of hydrogen-bond donors (Lipinski definition) is 1. The first kappa shape index (κ1) is 12.4. The summed E-state index contributed by atoms with van der Waals surface area (Å²) in [6, 6.07) is 7.44. The van der Waals surface area contributed by atoms with Gasteiger partial charge in [-0.1, -0.05) is 6.07 Å². The van der Waals surface area contributed by atoms with Gasteiger partial charge in [-0.05, 0) is 50.9 Å². The van der Waals surface area contributed by atoms with Crippen LogP contribution in [0.25, 0.3) is 5.65 Å². The number of imidazole rings is 1. The summed E-state index contributed by atoms with van der Waals surface area (Å²) in [5, 5.41) is 3.69. The Morgan fingerprint density at radius 3 is 3.00 bits per heavy atom. The topological polar surface area (TPSA) is 32.6 Å². The van der Waals surface area contributed by atoms with Crippen molar-refractivity contribution >= 4 is 5.65 Å². The van der Waals surface area contributed by atoms with Crippen molar-refractivity contribution in [2.45, 2.75) is 31.3 Å². The smallest absolute Gasteiger partial charge is 0.137 e. The van der Waals surface area contributed by atoms with Crippen molar-refractivity contribution in [1.82, 2.24) is 19.6 Å². The number of aromatic nitrogens is 2. The summed E-state index contributed by atoms with van der Waals surface area (Å²) >= 11 is 0. The number of pyridine rings is 1. The van der Waals surface area contributed by atoms with E-state index in [-0.39, 0.29) is 0 Å². The minimum atomic E-state index is 0.459. The van der Waals surface area contributed by atoms with Gasteiger partial charge in [0.25, 0.3) is 0 Å². The maximum atomic E-state index is 4.83. The molecule has 2 aromatic rings. The zero-order valence-electron chi connectivity index (χ0n) is 12.0. The van der Waals surface area contributed by atoms with Gasteiger partial charge >= 0.3 is 0 Å². The summed E-state index contributed by atoms with van der Waals surface area (Å²) < 4.78 is 2.13. The van der Waals surface area contributed by atoms with Crippen LogP contribution in [0.2, 0.25) is 0 Å². The molecular formula is C16H22N4. The molecule has 0 amide bonds. The fourth-order valence-corrected chi connectivity index (χ4v) is 3.41. The second kappa shape index (κ2) is 4.86. The van der Waals surface area contributed by atoms with Gasteiger partial charge in [0, 0.05) is 25.0 Å². The summed E-state index contributed by atoms with van der Waals surface area (Å²) in [6.45, 7) is 2.31. The van der Waals surface area contributed by atoms with E-state index in [1.807, 2.05) is 0 Å². The molecule has 2 atom stereocenters. The Bertz CT molecular complexity index is 568. The first-order valence-corrected chi connectivity index (χ1v) is 7.68. The first-order chi connectivity index (χ1) is 9.81. The molecule has 4 heteroatoms. The van der Waals surface area contributed by atoms with Crippen molar-refractivity contribution < 1.29 is 0 Å². The largest absolute Gasteiger partial charge is 0.314 e. The van der Waals surface area contributed by atoms with Crippen molar-refractivity contribution in [2.75, 3.05) is 20.1 Å². The lowest BCUT2D eigenvalue weighted by molar-refractivity contribution is 0.267. The van der Waals surface area contributed by atoms with Crippen molar-refractivity contribution in [3.05, 3.63) is 36.3 Å². The van der Waals surface area contributed by atoms with E-state index in [9.17, 15) is 0 Å². The molecule has 2 aromatic heterocycles. The van der Waals surface area contributed by atoms with Crippen LogP contribution in [0, 0.1) is 5.92 Å². The van der Waals surface area contributed by atoms with Gasteiger partial charge in [-0.25, -0.2) is 4.98 Å². The monoisotopic (exact) mass is 270 g/mol. The third-order valence-corrected chi connectivity index (χ3v) is 4.71. The molecule has 0 aromatic carbocycles. The van der Waals surface area contributed by atoms with Crippen LogP contribution < -0.4 is 5.32 Å². The van der Waals surface area contributed by atoms with Gasteiger partial charge in [0.15, 0.2) is 0 Å². The molecular weight excluding hydrogens is 248 g/mol. The normalized spacial score (nSPS) is 27.4. The second-order valence-electron chi connectivity index (χ2n) is 6.29. The molecule has 4 nitrogen and oxygen atoms in total. The third-order valence-electron chi connectivity index (χ3n) is 4.71. The number of fused-ring (bicyclic) bond motifs is 1. The minimum absolute atomic E-state index is 0.459. The molecule has 0 bridgehead atoms. The zero-order chi connectivity index (χ0) is 13.5. The van der Waals surface area contributed by atoms with Crippen LogP contribution in [-0.2, 0) is 0 Å². The molecule has 1 saturated heterocycles. The molecule has 20 heavy (non-hydrogen) atoms. The molecule has 0 radical (unpaired) electrons. The maximum absolute atomic E-state index is 4.83. The molecule has 1 N–H and O–H groups in total. The molecule has 1 aliphatic heterocycles. The fourth-order valence-electron chi connectivity index (χ4n) is 3.41. The average molecular weight is 270 g/mol.